The summed E-state index contributed by atoms with van der Waals surface area (Å²) in [6.45, 7) is 1.22. The molecule has 15 heavy (non-hydrogen) atoms. The zero-order valence-corrected chi connectivity index (χ0v) is 8.80. The van der Waals surface area contributed by atoms with Gasteiger partial charge in [0.05, 0.1) is 6.10 Å². The Morgan fingerprint density at radius 2 is 2.13 bits per heavy atom. The molecule has 0 radical (unpaired) electrons. The van der Waals surface area contributed by atoms with Crippen molar-refractivity contribution >= 4 is 0 Å². The van der Waals surface area contributed by atoms with E-state index in [1.165, 1.54) is 12.8 Å². The predicted octanol–water partition coefficient (Wildman–Crippen LogP) is 1.12. The average molecular weight is 207 g/mol. The minimum Gasteiger partial charge on any atom is -0.370 e. The van der Waals surface area contributed by atoms with Gasteiger partial charge in [-0.1, -0.05) is 6.42 Å². The number of ether oxygens (including phenoxy) is 1. The van der Waals surface area contributed by atoms with Crippen molar-refractivity contribution in [3.05, 3.63) is 24.3 Å². The molecule has 82 valence electrons. The van der Waals surface area contributed by atoms with Gasteiger partial charge in [-0.3, -0.25) is 0 Å². The summed E-state index contributed by atoms with van der Waals surface area (Å²) in [4.78, 5) is 8.25. The van der Waals surface area contributed by atoms with Gasteiger partial charge < -0.3 is 10.5 Å². The van der Waals surface area contributed by atoms with Gasteiger partial charge in [-0.15, -0.1) is 0 Å². The lowest BCUT2D eigenvalue weighted by molar-refractivity contribution is 0.0148. The molecule has 4 heteroatoms. The average Bonchev–Trinajstić information content (AvgIpc) is 2.75. The molecule has 2 N–H and O–H groups in total. The molecule has 0 saturated heterocycles. The van der Waals surface area contributed by atoms with Crippen molar-refractivity contribution in [2.45, 2.75) is 32.0 Å². The Balaban J connectivity index is 1.83. The van der Waals surface area contributed by atoms with Crippen LogP contribution in [0.25, 0.3) is 0 Å². The van der Waals surface area contributed by atoms with Crippen LogP contribution in [0.2, 0.25) is 0 Å². The molecular weight excluding hydrogens is 190 g/mol. The van der Waals surface area contributed by atoms with Gasteiger partial charge in [-0.05, 0) is 31.4 Å². The van der Waals surface area contributed by atoms with E-state index in [1.807, 2.05) is 6.07 Å². The van der Waals surface area contributed by atoms with Gasteiger partial charge >= 0.3 is 0 Å². The topological polar surface area (TPSA) is 61.0 Å². The molecule has 1 heterocycles. The highest BCUT2D eigenvalue weighted by molar-refractivity contribution is 4.87. The summed E-state index contributed by atoms with van der Waals surface area (Å²) in [6, 6.07) is 1.81. The Labute approximate surface area is 89.9 Å². The fourth-order valence-corrected chi connectivity index (χ4v) is 2.08. The molecule has 1 saturated carbocycles. The molecule has 1 fully saturated rings. The van der Waals surface area contributed by atoms with Crippen molar-refractivity contribution in [3.8, 4) is 0 Å². The van der Waals surface area contributed by atoms with Crippen LogP contribution >= 0.6 is 0 Å². The van der Waals surface area contributed by atoms with E-state index in [-0.39, 0.29) is 0 Å². The van der Waals surface area contributed by atoms with Crippen LogP contribution in [0.5, 0.6) is 0 Å². The lowest BCUT2D eigenvalue weighted by Crippen LogP contribution is -2.25. The smallest absolute Gasteiger partial charge is 0.153 e. The quantitative estimate of drug-likeness (QED) is 0.803. The first-order valence-corrected chi connectivity index (χ1v) is 5.47. The molecular formula is C11H17N3O. The molecule has 1 aliphatic carbocycles. The van der Waals surface area contributed by atoms with Crippen LogP contribution in [0.1, 0.15) is 25.1 Å². The Morgan fingerprint density at radius 1 is 1.33 bits per heavy atom. The first-order chi connectivity index (χ1) is 7.40. The SMILES string of the molecule is NCC1CCCC1OCc1ncccn1. The van der Waals surface area contributed by atoms with E-state index in [9.17, 15) is 0 Å². The summed E-state index contributed by atoms with van der Waals surface area (Å²) < 4.78 is 5.79. The van der Waals surface area contributed by atoms with Gasteiger partial charge in [0, 0.05) is 12.4 Å². The monoisotopic (exact) mass is 207 g/mol. The normalized spacial score (nSPS) is 25.7. The van der Waals surface area contributed by atoms with Gasteiger partial charge in [-0.2, -0.15) is 0 Å². The third-order valence-electron chi connectivity index (χ3n) is 2.94. The summed E-state index contributed by atoms with van der Waals surface area (Å²) in [5.74, 6) is 1.27. The molecule has 4 nitrogen and oxygen atoms in total. The summed E-state index contributed by atoms with van der Waals surface area (Å²) in [5, 5.41) is 0. The van der Waals surface area contributed by atoms with Crippen LogP contribution in [0.15, 0.2) is 18.5 Å². The molecule has 2 rings (SSSR count). The molecule has 0 aromatic carbocycles. The first kappa shape index (κ1) is 10.5. The van der Waals surface area contributed by atoms with Crippen LogP contribution in [-0.4, -0.2) is 22.6 Å². The second-order valence-corrected chi connectivity index (χ2v) is 3.94. The zero-order chi connectivity index (χ0) is 10.5. The molecule has 2 unspecified atom stereocenters. The highest BCUT2D eigenvalue weighted by Gasteiger charge is 2.26. The van der Waals surface area contributed by atoms with E-state index in [0.717, 1.165) is 18.8 Å². The molecule has 0 amide bonds. The van der Waals surface area contributed by atoms with E-state index in [0.29, 0.717) is 18.6 Å². The molecule has 1 aliphatic rings. The maximum atomic E-state index is 5.79. The van der Waals surface area contributed by atoms with Gasteiger partial charge in [0.1, 0.15) is 6.61 Å². The van der Waals surface area contributed by atoms with Gasteiger partial charge in [0.15, 0.2) is 5.82 Å². The summed E-state index contributed by atoms with van der Waals surface area (Å²) >= 11 is 0. The maximum Gasteiger partial charge on any atom is 0.153 e. The Kier molecular flexibility index (Phi) is 3.64. The predicted molar refractivity (Wildman–Crippen MR) is 57.0 cm³/mol. The number of nitrogens with zero attached hydrogens (tertiary/aromatic N) is 2. The van der Waals surface area contributed by atoms with E-state index in [4.69, 9.17) is 10.5 Å². The first-order valence-electron chi connectivity index (χ1n) is 5.47. The van der Waals surface area contributed by atoms with Gasteiger partial charge in [0.25, 0.3) is 0 Å². The van der Waals surface area contributed by atoms with Crippen molar-refractivity contribution in [2.75, 3.05) is 6.54 Å². The molecule has 0 spiro atoms. The fourth-order valence-electron chi connectivity index (χ4n) is 2.08. The number of nitrogens with two attached hydrogens (primary N) is 1. The minimum absolute atomic E-state index is 0.304. The second-order valence-electron chi connectivity index (χ2n) is 3.94. The Hall–Kier alpha value is -1.00. The highest BCUT2D eigenvalue weighted by Crippen LogP contribution is 2.27. The van der Waals surface area contributed by atoms with Crippen molar-refractivity contribution < 1.29 is 4.74 Å². The van der Waals surface area contributed by atoms with Crippen LogP contribution < -0.4 is 5.73 Å². The summed E-state index contributed by atoms with van der Waals surface area (Å²) in [6.07, 6.45) is 7.31. The summed E-state index contributed by atoms with van der Waals surface area (Å²) in [5.41, 5.74) is 5.68. The van der Waals surface area contributed by atoms with Crippen LogP contribution in [0.4, 0.5) is 0 Å². The Morgan fingerprint density at radius 3 is 2.87 bits per heavy atom. The van der Waals surface area contributed by atoms with E-state index in [1.54, 1.807) is 12.4 Å². The third-order valence-corrected chi connectivity index (χ3v) is 2.94. The van der Waals surface area contributed by atoms with Gasteiger partial charge in [0.2, 0.25) is 0 Å². The lowest BCUT2D eigenvalue weighted by atomic mass is 10.1. The fraction of sp³-hybridized carbons (Fsp3) is 0.636. The largest absolute Gasteiger partial charge is 0.370 e. The van der Waals surface area contributed by atoms with Crippen LogP contribution in [0.3, 0.4) is 0 Å². The van der Waals surface area contributed by atoms with Crippen molar-refractivity contribution in [3.63, 3.8) is 0 Å². The molecule has 1 aromatic heterocycles. The van der Waals surface area contributed by atoms with E-state index in [2.05, 4.69) is 9.97 Å². The number of rotatable bonds is 4. The Bertz CT molecular complexity index is 291. The maximum absolute atomic E-state index is 5.79. The lowest BCUT2D eigenvalue weighted by Gasteiger charge is -2.17. The molecule has 0 bridgehead atoms. The van der Waals surface area contributed by atoms with Crippen LogP contribution in [-0.2, 0) is 11.3 Å². The minimum atomic E-state index is 0.304. The van der Waals surface area contributed by atoms with Crippen molar-refractivity contribution in [1.29, 1.82) is 0 Å². The van der Waals surface area contributed by atoms with Gasteiger partial charge in [-0.25, -0.2) is 9.97 Å². The zero-order valence-electron chi connectivity index (χ0n) is 8.80. The number of hydrogen-bond donors (Lipinski definition) is 1. The number of aromatic nitrogens is 2. The third kappa shape index (κ3) is 2.73. The number of hydrogen-bond acceptors (Lipinski definition) is 4. The molecule has 1 aromatic rings. The van der Waals surface area contributed by atoms with E-state index < -0.39 is 0 Å². The molecule has 2 atom stereocenters. The standard InChI is InChI=1S/C11H17N3O/c12-7-9-3-1-4-10(9)15-8-11-13-5-2-6-14-11/h2,5-6,9-10H,1,3-4,7-8,12H2. The molecule has 0 aliphatic heterocycles. The highest BCUT2D eigenvalue weighted by atomic mass is 16.5. The van der Waals surface area contributed by atoms with Crippen LogP contribution in [0, 0.1) is 5.92 Å². The van der Waals surface area contributed by atoms with Crippen molar-refractivity contribution in [1.82, 2.24) is 9.97 Å². The van der Waals surface area contributed by atoms with E-state index >= 15 is 0 Å². The summed E-state index contributed by atoms with van der Waals surface area (Å²) in [7, 11) is 0. The second kappa shape index (κ2) is 5.19. The van der Waals surface area contributed by atoms with Crippen molar-refractivity contribution in [2.24, 2.45) is 11.7 Å².